The molecular formula is C18H29FN4. The molecule has 2 N–H and O–H groups in total. The van der Waals surface area contributed by atoms with Gasteiger partial charge < -0.3 is 15.5 Å². The van der Waals surface area contributed by atoms with Gasteiger partial charge in [0.1, 0.15) is 5.82 Å². The summed E-state index contributed by atoms with van der Waals surface area (Å²) in [5.41, 5.74) is 0.656. The molecule has 0 spiro atoms. The zero-order chi connectivity index (χ0) is 16.5. The number of guanidine groups is 1. The minimum atomic E-state index is -0.182. The zero-order valence-corrected chi connectivity index (χ0v) is 14.3. The van der Waals surface area contributed by atoms with E-state index in [2.05, 4.69) is 27.4 Å². The number of hydrogen-bond acceptors (Lipinski definition) is 2. The van der Waals surface area contributed by atoms with Crippen LogP contribution in [-0.2, 0) is 6.54 Å². The van der Waals surface area contributed by atoms with Crippen molar-refractivity contribution in [2.45, 2.75) is 32.7 Å². The van der Waals surface area contributed by atoms with Gasteiger partial charge in [-0.3, -0.25) is 4.99 Å². The summed E-state index contributed by atoms with van der Waals surface area (Å²) in [7, 11) is 1.75. The summed E-state index contributed by atoms with van der Waals surface area (Å²) in [6.45, 7) is 7.21. The molecule has 1 aliphatic heterocycles. The van der Waals surface area contributed by atoms with E-state index in [4.69, 9.17) is 0 Å². The Hall–Kier alpha value is -1.62. The highest BCUT2D eigenvalue weighted by Gasteiger charge is 2.18. The fourth-order valence-electron chi connectivity index (χ4n) is 3.01. The number of aliphatic imine (C=N–C) groups is 1. The number of nitrogens with one attached hydrogen (secondary N) is 2. The lowest BCUT2D eigenvalue weighted by atomic mass is 9.97. The van der Waals surface area contributed by atoms with E-state index in [1.807, 2.05) is 6.07 Å². The van der Waals surface area contributed by atoms with Gasteiger partial charge in [0, 0.05) is 25.7 Å². The maximum absolute atomic E-state index is 13.6. The van der Waals surface area contributed by atoms with Gasteiger partial charge in [0.15, 0.2) is 5.96 Å². The summed E-state index contributed by atoms with van der Waals surface area (Å²) in [4.78, 5) is 6.77. The van der Waals surface area contributed by atoms with Crippen molar-refractivity contribution in [3.63, 3.8) is 0 Å². The largest absolute Gasteiger partial charge is 0.356 e. The second-order valence-electron chi connectivity index (χ2n) is 6.18. The molecule has 4 nitrogen and oxygen atoms in total. The average Bonchev–Trinajstić information content (AvgIpc) is 2.58. The second-order valence-corrected chi connectivity index (χ2v) is 6.18. The maximum atomic E-state index is 13.6. The van der Waals surface area contributed by atoms with E-state index in [1.165, 1.54) is 45.0 Å². The molecule has 23 heavy (non-hydrogen) atoms. The topological polar surface area (TPSA) is 39.7 Å². The molecule has 1 aromatic rings. The molecule has 0 aromatic heterocycles. The molecule has 2 rings (SSSR count). The van der Waals surface area contributed by atoms with Crippen LogP contribution < -0.4 is 10.6 Å². The Kier molecular flexibility index (Phi) is 7.33. The molecule has 0 unspecified atom stereocenters. The van der Waals surface area contributed by atoms with Gasteiger partial charge in [0.25, 0.3) is 0 Å². The molecule has 0 radical (unpaired) electrons. The fourth-order valence-corrected chi connectivity index (χ4v) is 3.01. The van der Waals surface area contributed by atoms with E-state index in [0.717, 1.165) is 12.5 Å². The molecule has 1 saturated heterocycles. The van der Waals surface area contributed by atoms with Crippen LogP contribution in [0.1, 0.15) is 31.7 Å². The first-order valence-corrected chi connectivity index (χ1v) is 8.63. The van der Waals surface area contributed by atoms with Crippen LogP contribution in [0.5, 0.6) is 0 Å². The second kappa shape index (κ2) is 9.50. The van der Waals surface area contributed by atoms with E-state index in [0.29, 0.717) is 18.0 Å². The van der Waals surface area contributed by atoms with E-state index in [1.54, 1.807) is 19.2 Å². The molecule has 5 heteroatoms. The van der Waals surface area contributed by atoms with Crippen LogP contribution in [0.3, 0.4) is 0 Å². The molecule has 1 heterocycles. The SMILES string of the molecule is CCCN1CCC(CNC(=NC)NCc2ccccc2F)CC1. The zero-order valence-electron chi connectivity index (χ0n) is 14.3. The van der Waals surface area contributed by atoms with Crippen LogP contribution in [0.2, 0.25) is 0 Å². The minimum absolute atomic E-state index is 0.182. The number of piperidine rings is 1. The smallest absolute Gasteiger partial charge is 0.191 e. The third-order valence-electron chi connectivity index (χ3n) is 4.43. The molecule has 128 valence electrons. The van der Waals surface area contributed by atoms with Crippen molar-refractivity contribution in [3.05, 3.63) is 35.6 Å². The van der Waals surface area contributed by atoms with Gasteiger partial charge >= 0.3 is 0 Å². The molecule has 0 aliphatic carbocycles. The van der Waals surface area contributed by atoms with Crippen molar-refractivity contribution in [1.82, 2.24) is 15.5 Å². The van der Waals surface area contributed by atoms with Gasteiger partial charge in [-0.15, -0.1) is 0 Å². The lowest BCUT2D eigenvalue weighted by Gasteiger charge is -2.32. The van der Waals surface area contributed by atoms with Crippen molar-refractivity contribution in [2.75, 3.05) is 33.2 Å². The number of benzene rings is 1. The highest BCUT2D eigenvalue weighted by molar-refractivity contribution is 5.79. The number of hydrogen-bond donors (Lipinski definition) is 2. The average molecular weight is 320 g/mol. The Morgan fingerprint density at radius 1 is 1.26 bits per heavy atom. The van der Waals surface area contributed by atoms with Crippen molar-refractivity contribution in [1.29, 1.82) is 0 Å². The molecule has 1 aromatic carbocycles. The summed E-state index contributed by atoms with van der Waals surface area (Å²) < 4.78 is 13.6. The van der Waals surface area contributed by atoms with Crippen molar-refractivity contribution in [3.8, 4) is 0 Å². The summed E-state index contributed by atoms with van der Waals surface area (Å²) in [5.74, 6) is 1.25. The minimum Gasteiger partial charge on any atom is -0.356 e. The molecule has 0 atom stereocenters. The standard InChI is InChI=1S/C18H29FN4/c1-3-10-23-11-8-15(9-12-23)13-21-18(20-2)22-14-16-6-4-5-7-17(16)19/h4-7,15H,3,8-14H2,1-2H3,(H2,20,21,22). The molecule has 0 amide bonds. The lowest BCUT2D eigenvalue weighted by molar-refractivity contribution is 0.185. The van der Waals surface area contributed by atoms with Crippen LogP contribution in [0.25, 0.3) is 0 Å². The van der Waals surface area contributed by atoms with Crippen molar-refractivity contribution in [2.24, 2.45) is 10.9 Å². The van der Waals surface area contributed by atoms with Gasteiger partial charge in [-0.1, -0.05) is 25.1 Å². The highest BCUT2D eigenvalue weighted by atomic mass is 19.1. The first kappa shape index (κ1) is 17.7. The third-order valence-corrected chi connectivity index (χ3v) is 4.43. The third kappa shape index (κ3) is 5.82. The Bertz CT molecular complexity index is 496. The van der Waals surface area contributed by atoms with Crippen molar-refractivity contribution >= 4 is 5.96 Å². The van der Waals surface area contributed by atoms with E-state index in [9.17, 15) is 4.39 Å². The first-order valence-electron chi connectivity index (χ1n) is 8.63. The van der Waals surface area contributed by atoms with Gasteiger partial charge in [0.05, 0.1) is 0 Å². The summed E-state index contributed by atoms with van der Waals surface area (Å²) in [6, 6.07) is 6.83. The van der Waals surface area contributed by atoms with E-state index in [-0.39, 0.29) is 5.82 Å². The molecule has 1 fully saturated rings. The lowest BCUT2D eigenvalue weighted by Crippen LogP contribution is -2.42. The summed E-state index contributed by atoms with van der Waals surface area (Å²) in [5, 5.41) is 6.56. The molecule has 0 bridgehead atoms. The van der Waals surface area contributed by atoms with Crippen LogP contribution in [-0.4, -0.2) is 44.1 Å². The van der Waals surface area contributed by atoms with Crippen LogP contribution in [0, 0.1) is 11.7 Å². The number of likely N-dealkylation sites (tertiary alicyclic amines) is 1. The van der Waals surface area contributed by atoms with E-state index >= 15 is 0 Å². The normalized spacial score (nSPS) is 17.3. The van der Waals surface area contributed by atoms with Gasteiger partial charge in [-0.05, 0) is 50.9 Å². The first-order chi connectivity index (χ1) is 11.2. The van der Waals surface area contributed by atoms with Gasteiger partial charge in [0.2, 0.25) is 0 Å². The maximum Gasteiger partial charge on any atom is 0.191 e. The number of nitrogens with zero attached hydrogens (tertiary/aromatic N) is 2. The van der Waals surface area contributed by atoms with E-state index < -0.39 is 0 Å². The monoisotopic (exact) mass is 320 g/mol. The molecule has 0 saturated carbocycles. The van der Waals surface area contributed by atoms with Crippen LogP contribution in [0.15, 0.2) is 29.3 Å². The van der Waals surface area contributed by atoms with Crippen LogP contribution >= 0.6 is 0 Å². The summed E-state index contributed by atoms with van der Waals surface area (Å²) in [6.07, 6.45) is 3.70. The van der Waals surface area contributed by atoms with Crippen molar-refractivity contribution < 1.29 is 4.39 Å². The van der Waals surface area contributed by atoms with Gasteiger partial charge in [-0.25, -0.2) is 4.39 Å². The molecule has 1 aliphatic rings. The Morgan fingerprint density at radius 2 is 2.00 bits per heavy atom. The van der Waals surface area contributed by atoms with Crippen LogP contribution in [0.4, 0.5) is 4.39 Å². The number of halogens is 1. The molecular weight excluding hydrogens is 291 g/mol. The predicted molar refractivity (Wildman–Crippen MR) is 94.1 cm³/mol. The fraction of sp³-hybridized carbons (Fsp3) is 0.611. The Balaban J connectivity index is 1.71. The Morgan fingerprint density at radius 3 is 2.65 bits per heavy atom. The quantitative estimate of drug-likeness (QED) is 0.625. The Labute approximate surface area is 139 Å². The number of rotatable bonds is 6. The highest BCUT2D eigenvalue weighted by Crippen LogP contribution is 2.16. The van der Waals surface area contributed by atoms with Gasteiger partial charge in [-0.2, -0.15) is 0 Å². The predicted octanol–water partition coefficient (Wildman–Crippen LogP) is 2.61. The summed E-state index contributed by atoms with van der Waals surface area (Å²) >= 11 is 0.